The van der Waals surface area contributed by atoms with Crippen LogP contribution in [0.5, 0.6) is 0 Å². The first kappa shape index (κ1) is 9.44. The molecule has 5 heteroatoms. The minimum Gasteiger partial charge on any atom is -0.389 e. The van der Waals surface area contributed by atoms with Gasteiger partial charge in [-0.1, -0.05) is 0 Å². The van der Waals surface area contributed by atoms with E-state index in [0.717, 1.165) is 0 Å². The lowest BCUT2D eigenvalue weighted by molar-refractivity contribution is -0.119. The van der Waals surface area contributed by atoms with Crippen molar-refractivity contribution in [2.45, 2.75) is 25.2 Å². The number of nitrogens with one attached hydrogen (secondary N) is 2. The predicted molar refractivity (Wildman–Crippen MR) is 42.5 cm³/mol. The summed E-state index contributed by atoms with van der Waals surface area (Å²) in [5.74, 6) is -0.134. The van der Waals surface area contributed by atoms with Crippen molar-refractivity contribution in [3.63, 3.8) is 0 Å². The molecule has 1 aliphatic rings. The predicted octanol–water partition coefficient (Wildman–Crippen LogP) is -2.18. The molecule has 1 heterocycles. The lowest BCUT2D eigenvalue weighted by Crippen LogP contribution is -2.42. The quantitative estimate of drug-likeness (QED) is 0.383. The fourth-order valence-corrected chi connectivity index (χ4v) is 1.23. The van der Waals surface area contributed by atoms with E-state index in [1.165, 1.54) is 6.92 Å². The van der Waals surface area contributed by atoms with Gasteiger partial charge in [-0.3, -0.25) is 4.79 Å². The molecule has 12 heavy (non-hydrogen) atoms. The van der Waals surface area contributed by atoms with Crippen LogP contribution in [-0.4, -0.2) is 47.5 Å². The summed E-state index contributed by atoms with van der Waals surface area (Å²) in [6, 6.07) is -0.233. The Kier molecular flexibility index (Phi) is 3.02. The van der Waals surface area contributed by atoms with Crippen molar-refractivity contribution in [1.29, 1.82) is 0 Å². The lowest BCUT2D eigenvalue weighted by atomic mass is 10.1. The van der Waals surface area contributed by atoms with Crippen molar-refractivity contribution in [1.82, 2.24) is 10.6 Å². The molecule has 4 N–H and O–H groups in total. The highest BCUT2D eigenvalue weighted by Crippen LogP contribution is 2.06. The molecule has 0 saturated carbocycles. The molecule has 70 valence electrons. The van der Waals surface area contributed by atoms with Gasteiger partial charge in [0.15, 0.2) is 0 Å². The molecule has 0 radical (unpaired) electrons. The van der Waals surface area contributed by atoms with Crippen LogP contribution >= 0.6 is 0 Å². The maximum atomic E-state index is 10.5. The van der Waals surface area contributed by atoms with Gasteiger partial charge < -0.3 is 20.8 Å². The van der Waals surface area contributed by atoms with E-state index in [9.17, 15) is 9.90 Å². The topological polar surface area (TPSA) is 81.6 Å². The van der Waals surface area contributed by atoms with Crippen LogP contribution in [0.3, 0.4) is 0 Å². The molecule has 0 aromatic heterocycles. The van der Waals surface area contributed by atoms with E-state index in [2.05, 4.69) is 10.6 Å². The second kappa shape index (κ2) is 3.84. The van der Waals surface area contributed by atoms with E-state index in [1.54, 1.807) is 0 Å². The third-order valence-corrected chi connectivity index (χ3v) is 1.97. The molecule has 1 aliphatic heterocycles. The van der Waals surface area contributed by atoms with E-state index >= 15 is 0 Å². The van der Waals surface area contributed by atoms with Crippen molar-refractivity contribution in [2.75, 3.05) is 13.1 Å². The van der Waals surface area contributed by atoms with E-state index in [4.69, 9.17) is 5.11 Å². The largest absolute Gasteiger partial charge is 0.389 e. The molecule has 5 nitrogen and oxygen atoms in total. The first-order chi connectivity index (χ1) is 5.61. The summed E-state index contributed by atoms with van der Waals surface area (Å²) >= 11 is 0. The summed E-state index contributed by atoms with van der Waals surface area (Å²) in [6.07, 6.45) is -1.50. The minimum atomic E-state index is -0.781. The van der Waals surface area contributed by atoms with Gasteiger partial charge in [-0.2, -0.15) is 0 Å². The molecule has 1 saturated heterocycles. The number of hydrogen-bond acceptors (Lipinski definition) is 4. The summed E-state index contributed by atoms with van der Waals surface area (Å²) in [6.45, 7) is 2.15. The highest BCUT2D eigenvalue weighted by Gasteiger charge is 2.32. The molecule has 0 bridgehead atoms. The summed E-state index contributed by atoms with van der Waals surface area (Å²) in [4.78, 5) is 10.5. The smallest absolute Gasteiger partial charge is 0.216 e. The summed E-state index contributed by atoms with van der Waals surface area (Å²) in [5, 5.41) is 23.9. The monoisotopic (exact) mass is 174 g/mol. The number of carbonyl (C=O) groups is 1. The zero-order valence-corrected chi connectivity index (χ0v) is 6.95. The Morgan fingerprint density at radius 2 is 2.33 bits per heavy atom. The molecule has 1 rings (SSSR count). The van der Waals surface area contributed by atoms with Crippen LogP contribution in [0.25, 0.3) is 0 Å². The van der Waals surface area contributed by atoms with E-state index in [-0.39, 0.29) is 11.9 Å². The van der Waals surface area contributed by atoms with Crippen LogP contribution in [0.2, 0.25) is 0 Å². The van der Waals surface area contributed by atoms with Gasteiger partial charge in [-0.25, -0.2) is 0 Å². The normalized spacial score (nSPS) is 35.1. The van der Waals surface area contributed by atoms with Crippen molar-refractivity contribution >= 4 is 5.91 Å². The first-order valence-electron chi connectivity index (χ1n) is 3.95. The lowest BCUT2D eigenvalue weighted by Gasteiger charge is -2.15. The van der Waals surface area contributed by atoms with Crippen LogP contribution in [-0.2, 0) is 4.79 Å². The average molecular weight is 174 g/mol. The van der Waals surface area contributed by atoms with Crippen molar-refractivity contribution in [3.8, 4) is 0 Å². The summed E-state index contributed by atoms with van der Waals surface area (Å²) < 4.78 is 0. The molecule has 0 aliphatic carbocycles. The number of aliphatic hydroxyl groups excluding tert-OH is 2. The van der Waals surface area contributed by atoms with Crippen LogP contribution in [0.15, 0.2) is 0 Å². The number of hydrogen-bond donors (Lipinski definition) is 4. The number of carbonyl (C=O) groups excluding carboxylic acids is 1. The van der Waals surface area contributed by atoms with Crippen LogP contribution in [0.4, 0.5) is 0 Å². The van der Waals surface area contributed by atoms with E-state index in [0.29, 0.717) is 13.1 Å². The van der Waals surface area contributed by atoms with Gasteiger partial charge in [0.2, 0.25) is 5.91 Å². The molecule has 0 aromatic carbocycles. The Bertz CT molecular complexity index is 174. The fourth-order valence-electron chi connectivity index (χ4n) is 1.23. The highest BCUT2D eigenvalue weighted by molar-refractivity contribution is 5.72. The third kappa shape index (κ3) is 2.17. The second-order valence-electron chi connectivity index (χ2n) is 3.01. The van der Waals surface area contributed by atoms with Crippen LogP contribution in [0.1, 0.15) is 6.92 Å². The Morgan fingerprint density at radius 1 is 1.67 bits per heavy atom. The molecule has 0 aromatic rings. The number of aliphatic hydroxyl groups is 2. The zero-order valence-electron chi connectivity index (χ0n) is 6.95. The zero-order chi connectivity index (χ0) is 9.14. The summed E-state index contributed by atoms with van der Waals surface area (Å²) in [5.41, 5.74) is 0. The van der Waals surface area contributed by atoms with Crippen molar-refractivity contribution in [2.24, 2.45) is 0 Å². The molecular formula is C7H14N2O3. The third-order valence-electron chi connectivity index (χ3n) is 1.97. The SMILES string of the molecule is CC(=O)NC[C@H]1NC[C@H](O)[C@H]1O. The molecule has 0 unspecified atom stereocenters. The number of β-amino-alcohol motifs (C(OH)–C–C–N with tert-alkyl or cyclic N) is 1. The van der Waals surface area contributed by atoms with Crippen molar-refractivity contribution in [3.05, 3.63) is 0 Å². The number of rotatable bonds is 2. The first-order valence-corrected chi connectivity index (χ1v) is 3.95. The minimum absolute atomic E-state index is 0.134. The van der Waals surface area contributed by atoms with Crippen molar-refractivity contribution < 1.29 is 15.0 Å². The molecule has 1 amide bonds. The second-order valence-corrected chi connectivity index (χ2v) is 3.01. The summed E-state index contributed by atoms with van der Waals surface area (Å²) in [7, 11) is 0. The van der Waals surface area contributed by atoms with Gasteiger partial charge >= 0.3 is 0 Å². The molecule has 1 fully saturated rings. The van der Waals surface area contributed by atoms with E-state index in [1.807, 2.05) is 0 Å². The fraction of sp³-hybridized carbons (Fsp3) is 0.857. The van der Waals surface area contributed by atoms with Gasteiger partial charge in [0.25, 0.3) is 0 Å². The average Bonchev–Trinajstić information content (AvgIpc) is 2.30. The maximum absolute atomic E-state index is 10.5. The number of amides is 1. The van der Waals surface area contributed by atoms with Gasteiger partial charge in [-0.05, 0) is 0 Å². The maximum Gasteiger partial charge on any atom is 0.216 e. The Hall–Kier alpha value is -0.650. The highest BCUT2D eigenvalue weighted by atomic mass is 16.3. The van der Waals surface area contributed by atoms with Gasteiger partial charge in [0.05, 0.1) is 18.2 Å². The molecular weight excluding hydrogens is 160 g/mol. The van der Waals surface area contributed by atoms with Gasteiger partial charge in [-0.15, -0.1) is 0 Å². The van der Waals surface area contributed by atoms with Crippen LogP contribution in [0, 0.1) is 0 Å². The molecule has 0 spiro atoms. The van der Waals surface area contributed by atoms with Crippen LogP contribution < -0.4 is 10.6 Å². The molecule has 3 atom stereocenters. The Labute approximate surface area is 70.8 Å². The van der Waals surface area contributed by atoms with E-state index < -0.39 is 12.2 Å². The standard InChI is InChI=1S/C7H14N2O3/c1-4(10)8-2-5-7(12)6(11)3-9-5/h5-7,9,11-12H,2-3H2,1H3,(H,8,10)/t5-,6+,7+/m1/s1. The van der Waals surface area contributed by atoms with Gasteiger partial charge in [0.1, 0.15) is 0 Å². The Morgan fingerprint density at radius 3 is 2.75 bits per heavy atom. The Balaban J connectivity index is 2.29. The van der Waals surface area contributed by atoms with Gasteiger partial charge in [0, 0.05) is 20.0 Å².